The van der Waals surface area contributed by atoms with Gasteiger partial charge in [0.05, 0.1) is 18.4 Å². The van der Waals surface area contributed by atoms with E-state index in [-0.39, 0.29) is 12.0 Å². The van der Waals surface area contributed by atoms with Gasteiger partial charge in [0.25, 0.3) is 5.91 Å². The Balaban J connectivity index is 1.90. The van der Waals surface area contributed by atoms with Crippen LogP contribution in [0.15, 0.2) is 28.8 Å². The first-order valence-corrected chi connectivity index (χ1v) is 7.38. The molecule has 2 aromatic rings. The molecule has 0 aliphatic rings. The SMILES string of the molecule is Cc1noc(C)c1C(=O)NCc1ccc(COC(C)C)cc1. The van der Waals surface area contributed by atoms with Crippen molar-refractivity contribution in [3.63, 3.8) is 0 Å². The van der Waals surface area contributed by atoms with E-state index in [0.29, 0.717) is 30.2 Å². The first-order valence-electron chi connectivity index (χ1n) is 7.38. The molecule has 1 heterocycles. The van der Waals surface area contributed by atoms with Crippen molar-refractivity contribution in [1.29, 1.82) is 0 Å². The van der Waals surface area contributed by atoms with Crippen LogP contribution in [0.1, 0.15) is 46.8 Å². The Morgan fingerprint density at radius 2 is 1.86 bits per heavy atom. The van der Waals surface area contributed by atoms with Crippen LogP contribution in [-0.4, -0.2) is 17.2 Å². The van der Waals surface area contributed by atoms with E-state index < -0.39 is 0 Å². The molecule has 2 rings (SSSR count). The summed E-state index contributed by atoms with van der Waals surface area (Å²) in [6.07, 6.45) is 0.217. The number of nitrogens with zero attached hydrogens (tertiary/aromatic N) is 1. The fourth-order valence-corrected chi connectivity index (χ4v) is 2.09. The molecule has 0 spiro atoms. The summed E-state index contributed by atoms with van der Waals surface area (Å²) in [4.78, 5) is 12.1. The van der Waals surface area contributed by atoms with Crippen LogP contribution < -0.4 is 5.32 Å². The summed E-state index contributed by atoms with van der Waals surface area (Å²) in [5, 5.41) is 6.67. The lowest BCUT2D eigenvalue weighted by Gasteiger charge is -2.09. The van der Waals surface area contributed by atoms with Crippen LogP contribution in [0.25, 0.3) is 0 Å². The maximum Gasteiger partial charge on any atom is 0.257 e. The number of amides is 1. The van der Waals surface area contributed by atoms with Gasteiger partial charge < -0.3 is 14.6 Å². The molecule has 1 amide bonds. The lowest BCUT2D eigenvalue weighted by Crippen LogP contribution is -2.23. The van der Waals surface area contributed by atoms with Crippen molar-refractivity contribution in [1.82, 2.24) is 10.5 Å². The summed E-state index contributed by atoms with van der Waals surface area (Å²) in [5.41, 5.74) is 3.28. The molecule has 1 N–H and O–H groups in total. The summed E-state index contributed by atoms with van der Waals surface area (Å²) in [7, 11) is 0. The number of aryl methyl sites for hydroxylation is 2. The monoisotopic (exact) mass is 302 g/mol. The van der Waals surface area contributed by atoms with Crippen molar-refractivity contribution in [3.05, 3.63) is 52.4 Å². The van der Waals surface area contributed by atoms with Gasteiger partial charge in [0, 0.05) is 6.54 Å². The molecule has 22 heavy (non-hydrogen) atoms. The van der Waals surface area contributed by atoms with E-state index in [1.54, 1.807) is 13.8 Å². The summed E-state index contributed by atoms with van der Waals surface area (Å²) < 4.78 is 10.6. The van der Waals surface area contributed by atoms with E-state index in [2.05, 4.69) is 10.5 Å². The molecular formula is C17H22N2O3. The van der Waals surface area contributed by atoms with Gasteiger partial charge in [0.1, 0.15) is 11.3 Å². The molecule has 0 fully saturated rings. The standard InChI is InChI=1S/C17H22N2O3/c1-11(2)21-10-15-7-5-14(6-8-15)9-18-17(20)16-12(3)19-22-13(16)4/h5-8,11H,9-10H2,1-4H3,(H,18,20). The van der Waals surface area contributed by atoms with E-state index in [1.165, 1.54) is 0 Å². The van der Waals surface area contributed by atoms with Crippen molar-refractivity contribution in [3.8, 4) is 0 Å². The largest absolute Gasteiger partial charge is 0.374 e. The van der Waals surface area contributed by atoms with Crippen molar-refractivity contribution < 1.29 is 14.1 Å². The van der Waals surface area contributed by atoms with Gasteiger partial charge >= 0.3 is 0 Å². The minimum Gasteiger partial charge on any atom is -0.374 e. The lowest BCUT2D eigenvalue weighted by molar-refractivity contribution is 0.0657. The predicted octanol–water partition coefficient (Wildman–Crippen LogP) is 3.15. The molecule has 0 aliphatic carbocycles. The van der Waals surface area contributed by atoms with Gasteiger partial charge in [-0.05, 0) is 38.8 Å². The third kappa shape index (κ3) is 4.18. The zero-order valence-corrected chi connectivity index (χ0v) is 13.5. The maximum absolute atomic E-state index is 12.1. The Kier molecular flexibility index (Phi) is 5.33. The molecule has 5 heteroatoms. The Hall–Kier alpha value is -2.14. The number of rotatable bonds is 6. The normalized spacial score (nSPS) is 11.0. The van der Waals surface area contributed by atoms with Gasteiger partial charge in [-0.15, -0.1) is 0 Å². The summed E-state index contributed by atoms with van der Waals surface area (Å²) in [6, 6.07) is 8.01. The molecule has 0 unspecified atom stereocenters. The van der Waals surface area contributed by atoms with Gasteiger partial charge in [-0.3, -0.25) is 4.79 Å². The molecule has 0 radical (unpaired) electrons. The topological polar surface area (TPSA) is 64.4 Å². The van der Waals surface area contributed by atoms with E-state index >= 15 is 0 Å². The molecule has 0 saturated heterocycles. The number of aromatic nitrogens is 1. The van der Waals surface area contributed by atoms with Gasteiger partial charge in [-0.2, -0.15) is 0 Å². The van der Waals surface area contributed by atoms with Crippen molar-refractivity contribution >= 4 is 5.91 Å². The molecule has 0 aliphatic heterocycles. The van der Waals surface area contributed by atoms with Gasteiger partial charge in [-0.1, -0.05) is 29.4 Å². The number of hydrogen-bond acceptors (Lipinski definition) is 4. The summed E-state index contributed by atoms with van der Waals surface area (Å²) >= 11 is 0. The van der Waals surface area contributed by atoms with E-state index in [9.17, 15) is 4.79 Å². The van der Waals surface area contributed by atoms with Crippen molar-refractivity contribution in [2.75, 3.05) is 0 Å². The van der Waals surface area contributed by atoms with Crippen LogP contribution >= 0.6 is 0 Å². The average Bonchev–Trinajstić information content (AvgIpc) is 2.83. The van der Waals surface area contributed by atoms with Crippen LogP contribution in [0.3, 0.4) is 0 Å². The fraction of sp³-hybridized carbons (Fsp3) is 0.412. The average molecular weight is 302 g/mol. The number of benzene rings is 1. The Morgan fingerprint density at radius 1 is 1.23 bits per heavy atom. The molecule has 1 aromatic carbocycles. The van der Waals surface area contributed by atoms with E-state index in [1.807, 2.05) is 38.1 Å². The van der Waals surface area contributed by atoms with Crippen LogP contribution in [0.2, 0.25) is 0 Å². The lowest BCUT2D eigenvalue weighted by atomic mass is 10.1. The van der Waals surface area contributed by atoms with E-state index in [4.69, 9.17) is 9.26 Å². The van der Waals surface area contributed by atoms with Crippen molar-refractivity contribution in [2.45, 2.75) is 47.0 Å². The molecule has 0 atom stereocenters. The van der Waals surface area contributed by atoms with Gasteiger partial charge in [0.2, 0.25) is 0 Å². The highest BCUT2D eigenvalue weighted by molar-refractivity contribution is 5.95. The number of ether oxygens (including phenoxy) is 1. The highest BCUT2D eigenvalue weighted by Crippen LogP contribution is 2.12. The van der Waals surface area contributed by atoms with Crippen LogP contribution in [0, 0.1) is 13.8 Å². The van der Waals surface area contributed by atoms with Gasteiger partial charge in [0.15, 0.2) is 0 Å². The highest BCUT2D eigenvalue weighted by atomic mass is 16.5. The Bertz CT molecular complexity index is 610. The molecular weight excluding hydrogens is 280 g/mol. The van der Waals surface area contributed by atoms with E-state index in [0.717, 1.165) is 11.1 Å². The maximum atomic E-state index is 12.1. The zero-order chi connectivity index (χ0) is 16.1. The van der Waals surface area contributed by atoms with Crippen LogP contribution in [-0.2, 0) is 17.9 Å². The molecule has 118 valence electrons. The number of nitrogens with one attached hydrogen (secondary N) is 1. The second-order valence-corrected chi connectivity index (χ2v) is 5.56. The minimum absolute atomic E-state index is 0.163. The fourth-order valence-electron chi connectivity index (χ4n) is 2.09. The van der Waals surface area contributed by atoms with Crippen molar-refractivity contribution in [2.24, 2.45) is 0 Å². The number of carbonyl (C=O) groups excluding carboxylic acids is 1. The Morgan fingerprint density at radius 3 is 2.41 bits per heavy atom. The van der Waals surface area contributed by atoms with Crippen LogP contribution in [0.4, 0.5) is 0 Å². The zero-order valence-electron chi connectivity index (χ0n) is 13.5. The summed E-state index contributed by atoms with van der Waals surface area (Å²) in [5.74, 6) is 0.375. The molecule has 5 nitrogen and oxygen atoms in total. The van der Waals surface area contributed by atoms with Crippen LogP contribution in [0.5, 0.6) is 0 Å². The number of hydrogen-bond donors (Lipinski definition) is 1. The minimum atomic E-state index is -0.163. The third-order valence-corrected chi connectivity index (χ3v) is 3.32. The predicted molar refractivity (Wildman–Crippen MR) is 83.5 cm³/mol. The smallest absolute Gasteiger partial charge is 0.257 e. The second-order valence-electron chi connectivity index (χ2n) is 5.56. The first-order chi connectivity index (χ1) is 10.5. The quantitative estimate of drug-likeness (QED) is 0.890. The third-order valence-electron chi connectivity index (χ3n) is 3.32. The number of carbonyl (C=O) groups is 1. The molecule has 0 saturated carbocycles. The second kappa shape index (κ2) is 7.22. The first kappa shape index (κ1) is 16.2. The Labute approximate surface area is 130 Å². The highest BCUT2D eigenvalue weighted by Gasteiger charge is 2.16. The molecule has 1 aromatic heterocycles. The molecule has 0 bridgehead atoms. The van der Waals surface area contributed by atoms with Gasteiger partial charge in [-0.25, -0.2) is 0 Å². The summed E-state index contributed by atoms with van der Waals surface area (Å²) in [6.45, 7) is 8.59.